The molecule has 92 valence electrons. The standard InChI is InChI=1S/C11H13BrN2O3/c12-8-5-9(7-13-6-8)14-10(15)3-1-2-4-11(16)17/h5-7H,1-4H2,(H,14,15)(H,16,17). The molecular formula is C11H13BrN2O3. The number of carboxylic acids is 1. The summed E-state index contributed by atoms with van der Waals surface area (Å²) in [5.41, 5.74) is 0.627. The van der Waals surface area contributed by atoms with Crippen molar-refractivity contribution in [2.24, 2.45) is 0 Å². The van der Waals surface area contributed by atoms with E-state index >= 15 is 0 Å². The number of anilines is 1. The Balaban J connectivity index is 2.27. The van der Waals surface area contributed by atoms with Crippen LogP contribution in [0.3, 0.4) is 0 Å². The molecule has 1 amide bonds. The molecule has 0 spiro atoms. The molecule has 6 heteroatoms. The number of rotatable bonds is 6. The van der Waals surface area contributed by atoms with Gasteiger partial charge >= 0.3 is 5.97 Å². The lowest BCUT2D eigenvalue weighted by Crippen LogP contribution is -2.11. The number of halogens is 1. The Hall–Kier alpha value is -1.43. The maximum absolute atomic E-state index is 11.5. The van der Waals surface area contributed by atoms with E-state index in [4.69, 9.17) is 5.11 Å². The number of nitrogens with one attached hydrogen (secondary N) is 1. The summed E-state index contributed by atoms with van der Waals surface area (Å²) in [5.74, 6) is -0.961. The van der Waals surface area contributed by atoms with Gasteiger partial charge in [0.25, 0.3) is 0 Å². The van der Waals surface area contributed by atoms with E-state index in [1.165, 1.54) is 0 Å². The summed E-state index contributed by atoms with van der Waals surface area (Å²) in [6.07, 6.45) is 4.69. The van der Waals surface area contributed by atoms with Crippen molar-refractivity contribution in [1.82, 2.24) is 4.98 Å². The predicted octanol–water partition coefficient (Wildman–Crippen LogP) is 2.43. The third-order valence-corrected chi connectivity index (χ3v) is 2.47. The summed E-state index contributed by atoms with van der Waals surface area (Å²) >= 11 is 3.25. The van der Waals surface area contributed by atoms with Crippen LogP contribution in [0, 0.1) is 0 Å². The first kappa shape index (κ1) is 13.6. The number of pyridine rings is 1. The van der Waals surface area contributed by atoms with Crippen LogP contribution in [0.4, 0.5) is 5.69 Å². The molecule has 1 rings (SSSR count). The van der Waals surface area contributed by atoms with Crippen molar-refractivity contribution in [3.63, 3.8) is 0 Å². The molecule has 5 nitrogen and oxygen atoms in total. The van der Waals surface area contributed by atoms with Crippen LogP contribution in [0.1, 0.15) is 25.7 Å². The molecule has 1 heterocycles. The van der Waals surface area contributed by atoms with E-state index in [-0.39, 0.29) is 12.3 Å². The lowest BCUT2D eigenvalue weighted by molar-refractivity contribution is -0.137. The topological polar surface area (TPSA) is 79.3 Å². The average Bonchev–Trinajstić information content (AvgIpc) is 2.24. The molecule has 17 heavy (non-hydrogen) atoms. The fraction of sp³-hybridized carbons (Fsp3) is 0.364. The van der Waals surface area contributed by atoms with Crippen LogP contribution in [0.15, 0.2) is 22.9 Å². The molecule has 0 aliphatic carbocycles. The zero-order valence-electron chi connectivity index (χ0n) is 9.15. The molecule has 0 unspecified atom stereocenters. The third kappa shape index (κ3) is 6.01. The molecule has 0 bridgehead atoms. The first-order chi connectivity index (χ1) is 8.08. The largest absolute Gasteiger partial charge is 0.481 e. The van der Waals surface area contributed by atoms with Gasteiger partial charge in [0.1, 0.15) is 0 Å². The zero-order valence-corrected chi connectivity index (χ0v) is 10.7. The van der Waals surface area contributed by atoms with Gasteiger partial charge in [-0.05, 0) is 34.8 Å². The van der Waals surface area contributed by atoms with E-state index in [2.05, 4.69) is 26.2 Å². The van der Waals surface area contributed by atoms with Crippen molar-refractivity contribution in [3.8, 4) is 0 Å². The van der Waals surface area contributed by atoms with Gasteiger partial charge in [0, 0.05) is 23.5 Å². The van der Waals surface area contributed by atoms with Gasteiger partial charge in [0.2, 0.25) is 5.91 Å². The number of carbonyl (C=O) groups excluding carboxylic acids is 1. The molecule has 0 aromatic carbocycles. The molecule has 0 atom stereocenters. The normalized spacial score (nSPS) is 9.94. The van der Waals surface area contributed by atoms with Gasteiger partial charge in [-0.3, -0.25) is 14.6 Å². The smallest absolute Gasteiger partial charge is 0.303 e. The average molecular weight is 301 g/mol. The van der Waals surface area contributed by atoms with Gasteiger partial charge in [-0.2, -0.15) is 0 Å². The molecule has 1 aromatic rings. The van der Waals surface area contributed by atoms with E-state index in [0.29, 0.717) is 24.9 Å². The van der Waals surface area contributed by atoms with Gasteiger partial charge in [-0.25, -0.2) is 0 Å². The van der Waals surface area contributed by atoms with Crippen LogP contribution in [0.25, 0.3) is 0 Å². The monoisotopic (exact) mass is 300 g/mol. The summed E-state index contributed by atoms with van der Waals surface area (Å²) in [6, 6.07) is 1.75. The fourth-order valence-electron chi connectivity index (χ4n) is 1.27. The van der Waals surface area contributed by atoms with Crippen LogP contribution in [0.5, 0.6) is 0 Å². The molecule has 0 fully saturated rings. The number of carbonyl (C=O) groups is 2. The molecule has 0 saturated carbocycles. The maximum Gasteiger partial charge on any atom is 0.303 e. The van der Waals surface area contributed by atoms with Crippen LogP contribution in [0.2, 0.25) is 0 Å². The summed E-state index contributed by atoms with van der Waals surface area (Å²) in [7, 11) is 0. The maximum atomic E-state index is 11.5. The van der Waals surface area contributed by atoms with Gasteiger partial charge in [0.05, 0.1) is 11.9 Å². The Morgan fingerprint density at radius 3 is 2.65 bits per heavy atom. The van der Waals surface area contributed by atoms with Gasteiger partial charge in [-0.1, -0.05) is 0 Å². The van der Waals surface area contributed by atoms with Gasteiger partial charge < -0.3 is 10.4 Å². The van der Waals surface area contributed by atoms with Crippen molar-refractivity contribution in [2.75, 3.05) is 5.32 Å². The quantitative estimate of drug-likeness (QED) is 0.791. The van der Waals surface area contributed by atoms with E-state index in [1.807, 2.05) is 0 Å². The lowest BCUT2D eigenvalue weighted by atomic mass is 10.2. The Morgan fingerprint density at radius 2 is 2.00 bits per heavy atom. The minimum Gasteiger partial charge on any atom is -0.481 e. The number of unbranched alkanes of at least 4 members (excludes halogenated alkanes) is 1. The number of aliphatic carboxylic acids is 1. The molecule has 0 radical (unpaired) electrons. The highest BCUT2D eigenvalue weighted by Crippen LogP contribution is 2.14. The second kappa shape index (κ2) is 7.01. The molecule has 0 aliphatic rings. The number of amides is 1. The molecular weight excluding hydrogens is 288 g/mol. The molecule has 2 N–H and O–H groups in total. The Kier molecular flexibility index (Phi) is 5.62. The van der Waals surface area contributed by atoms with Gasteiger partial charge in [-0.15, -0.1) is 0 Å². The van der Waals surface area contributed by atoms with Crippen molar-refractivity contribution in [1.29, 1.82) is 0 Å². The first-order valence-corrected chi connectivity index (χ1v) is 5.99. The summed E-state index contributed by atoms with van der Waals surface area (Å²) in [4.78, 5) is 25.6. The van der Waals surface area contributed by atoms with E-state index in [0.717, 1.165) is 4.47 Å². The lowest BCUT2D eigenvalue weighted by Gasteiger charge is -2.04. The number of nitrogens with zero attached hydrogens (tertiary/aromatic N) is 1. The van der Waals surface area contributed by atoms with Crippen LogP contribution in [-0.4, -0.2) is 22.0 Å². The summed E-state index contributed by atoms with van der Waals surface area (Å²) < 4.78 is 0.793. The number of hydrogen-bond acceptors (Lipinski definition) is 3. The van der Waals surface area contributed by atoms with E-state index in [9.17, 15) is 9.59 Å². The SMILES string of the molecule is O=C(O)CCCCC(=O)Nc1cncc(Br)c1. The highest BCUT2D eigenvalue weighted by atomic mass is 79.9. The van der Waals surface area contributed by atoms with E-state index in [1.54, 1.807) is 18.5 Å². The van der Waals surface area contributed by atoms with Gasteiger partial charge in [0.15, 0.2) is 0 Å². The third-order valence-electron chi connectivity index (χ3n) is 2.03. The minimum absolute atomic E-state index is 0.103. The molecule has 0 saturated heterocycles. The number of carboxylic acid groups (broad SMARTS) is 1. The Morgan fingerprint density at radius 1 is 1.29 bits per heavy atom. The van der Waals surface area contributed by atoms with Crippen LogP contribution >= 0.6 is 15.9 Å². The minimum atomic E-state index is -0.832. The number of aromatic nitrogens is 1. The van der Waals surface area contributed by atoms with Crippen molar-refractivity contribution >= 4 is 33.5 Å². The highest BCUT2D eigenvalue weighted by molar-refractivity contribution is 9.10. The molecule has 0 aliphatic heterocycles. The van der Waals surface area contributed by atoms with Crippen molar-refractivity contribution < 1.29 is 14.7 Å². The van der Waals surface area contributed by atoms with Crippen LogP contribution < -0.4 is 5.32 Å². The number of hydrogen-bond donors (Lipinski definition) is 2. The zero-order chi connectivity index (χ0) is 12.7. The second-order valence-corrected chi connectivity index (χ2v) is 4.46. The Labute approximate surface area is 107 Å². The highest BCUT2D eigenvalue weighted by Gasteiger charge is 2.04. The predicted molar refractivity (Wildman–Crippen MR) is 66.7 cm³/mol. The van der Waals surface area contributed by atoms with E-state index < -0.39 is 5.97 Å². The fourth-order valence-corrected chi connectivity index (χ4v) is 1.63. The van der Waals surface area contributed by atoms with Crippen molar-refractivity contribution in [3.05, 3.63) is 22.9 Å². The second-order valence-electron chi connectivity index (χ2n) is 3.54. The summed E-state index contributed by atoms with van der Waals surface area (Å²) in [6.45, 7) is 0. The molecule has 1 aromatic heterocycles. The van der Waals surface area contributed by atoms with Crippen molar-refractivity contribution in [2.45, 2.75) is 25.7 Å². The summed E-state index contributed by atoms with van der Waals surface area (Å²) in [5, 5.41) is 11.1. The Bertz CT molecular complexity index is 409. The van der Waals surface area contributed by atoms with Crippen LogP contribution in [-0.2, 0) is 9.59 Å². The first-order valence-electron chi connectivity index (χ1n) is 5.20.